The number of aromatic nitrogens is 3. The summed E-state index contributed by atoms with van der Waals surface area (Å²) in [5.74, 6) is -0.122. The molecular formula is C19H19N5O3S. The minimum atomic E-state index is -3.64. The van der Waals surface area contributed by atoms with E-state index >= 15 is 0 Å². The molecule has 9 heteroatoms. The smallest absolute Gasteiger partial charge is 0.253 e. The zero-order valence-corrected chi connectivity index (χ0v) is 16.3. The number of amides is 1. The predicted molar refractivity (Wildman–Crippen MR) is 107 cm³/mol. The Hall–Kier alpha value is -3.33. The van der Waals surface area contributed by atoms with E-state index in [-0.39, 0.29) is 28.6 Å². The van der Waals surface area contributed by atoms with Gasteiger partial charge in [0.1, 0.15) is 5.82 Å². The molecule has 0 atom stereocenters. The van der Waals surface area contributed by atoms with Crippen molar-refractivity contribution < 1.29 is 13.2 Å². The standard InChI is InChI=1S/C19H19N5O3S/c1-12(2)19(25)24(16-5-4-8-21-18(16)28(3,26)27)11-13-6-7-14-15(9-13)23-17(20)10-22-14/h4-10H,1,11H2,2-3H3,(H2,20,23). The molecule has 0 aliphatic heterocycles. The molecule has 2 N–H and O–H groups in total. The van der Waals surface area contributed by atoms with Crippen molar-refractivity contribution >= 4 is 38.3 Å². The monoisotopic (exact) mass is 397 g/mol. The molecule has 0 saturated heterocycles. The summed E-state index contributed by atoms with van der Waals surface area (Å²) in [4.78, 5) is 26.5. The number of nitrogen functional groups attached to an aromatic ring is 1. The van der Waals surface area contributed by atoms with Gasteiger partial charge in [-0.3, -0.25) is 9.78 Å². The van der Waals surface area contributed by atoms with E-state index in [4.69, 9.17) is 5.73 Å². The van der Waals surface area contributed by atoms with Crippen LogP contribution in [0.3, 0.4) is 0 Å². The third-order valence-corrected chi connectivity index (χ3v) is 4.99. The molecule has 2 aromatic heterocycles. The maximum Gasteiger partial charge on any atom is 0.253 e. The van der Waals surface area contributed by atoms with Gasteiger partial charge in [0.15, 0.2) is 14.9 Å². The van der Waals surface area contributed by atoms with Crippen molar-refractivity contribution in [2.75, 3.05) is 16.9 Å². The van der Waals surface area contributed by atoms with Crippen LogP contribution in [0, 0.1) is 0 Å². The van der Waals surface area contributed by atoms with Crippen LogP contribution in [-0.4, -0.2) is 35.5 Å². The molecule has 0 unspecified atom stereocenters. The summed E-state index contributed by atoms with van der Waals surface area (Å²) in [7, 11) is -3.64. The molecule has 28 heavy (non-hydrogen) atoms. The Morgan fingerprint density at radius 2 is 1.96 bits per heavy atom. The van der Waals surface area contributed by atoms with Crippen LogP contribution in [0.5, 0.6) is 0 Å². The van der Waals surface area contributed by atoms with E-state index in [0.29, 0.717) is 11.0 Å². The molecule has 0 bridgehead atoms. The largest absolute Gasteiger partial charge is 0.382 e. The summed E-state index contributed by atoms with van der Waals surface area (Å²) in [6, 6.07) is 8.44. The van der Waals surface area contributed by atoms with Crippen LogP contribution in [0.15, 0.2) is 59.9 Å². The van der Waals surface area contributed by atoms with Gasteiger partial charge < -0.3 is 10.6 Å². The Balaban J connectivity index is 2.10. The summed E-state index contributed by atoms with van der Waals surface area (Å²) < 4.78 is 24.3. The molecule has 1 aromatic carbocycles. The highest BCUT2D eigenvalue weighted by Crippen LogP contribution is 2.26. The molecule has 0 spiro atoms. The highest BCUT2D eigenvalue weighted by atomic mass is 32.2. The van der Waals surface area contributed by atoms with Crippen LogP contribution in [0.4, 0.5) is 11.5 Å². The first-order valence-electron chi connectivity index (χ1n) is 8.30. The molecule has 0 aliphatic carbocycles. The van der Waals surface area contributed by atoms with Crippen molar-refractivity contribution in [1.29, 1.82) is 0 Å². The van der Waals surface area contributed by atoms with E-state index in [9.17, 15) is 13.2 Å². The van der Waals surface area contributed by atoms with Crippen LogP contribution in [0.25, 0.3) is 11.0 Å². The fourth-order valence-corrected chi connectivity index (χ4v) is 3.53. The van der Waals surface area contributed by atoms with E-state index < -0.39 is 15.7 Å². The Labute approximate surface area is 162 Å². The Morgan fingerprint density at radius 3 is 2.64 bits per heavy atom. The number of hydrogen-bond donors (Lipinski definition) is 1. The average molecular weight is 397 g/mol. The molecule has 0 radical (unpaired) electrons. The van der Waals surface area contributed by atoms with Gasteiger partial charge in [0.25, 0.3) is 5.91 Å². The van der Waals surface area contributed by atoms with Gasteiger partial charge in [0, 0.05) is 18.0 Å². The van der Waals surface area contributed by atoms with Crippen LogP contribution < -0.4 is 10.6 Å². The Kier molecular flexibility index (Phi) is 5.10. The lowest BCUT2D eigenvalue weighted by molar-refractivity contribution is -0.115. The van der Waals surface area contributed by atoms with E-state index in [1.54, 1.807) is 37.3 Å². The number of pyridine rings is 1. The summed E-state index contributed by atoms with van der Waals surface area (Å²) in [5.41, 5.74) is 8.13. The molecule has 2 heterocycles. The maximum absolute atomic E-state index is 12.8. The normalized spacial score (nSPS) is 11.4. The number of nitrogens with zero attached hydrogens (tertiary/aromatic N) is 4. The third kappa shape index (κ3) is 3.99. The van der Waals surface area contributed by atoms with Gasteiger partial charge in [-0.2, -0.15) is 0 Å². The number of sulfone groups is 1. The van der Waals surface area contributed by atoms with Crippen molar-refractivity contribution in [3.63, 3.8) is 0 Å². The van der Waals surface area contributed by atoms with Crippen molar-refractivity contribution in [3.8, 4) is 0 Å². The highest BCUT2D eigenvalue weighted by Gasteiger charge is 2.24. The van der Waals surface area contributed by atoms with Gasteiger partial charge in [-0.1, -0.05) is 12.6 Å². The molecule has 3 rings (SSSR count). The first-order chi connectivity index (χ1) is 13.2. The lowest BCUT2D eigenvalue weighted by Gasteiger charge is -2.24. The van der Waals surface area contributed by atoms with E-state index in [1.165, 1.54) is 17.3 Å². The number of benzene rings is 1. The quantitative estimate of drug-likeness (QED) is 0.655. The SMILES string of the molecule is C=C(C)C(=O)N(Cc1ccc2ncc(N)nc2c1)c1cccnc1S(C)(=O)=O. The van der Waals surface area contributed by atoms with E-state index in [1.807, 2.05) is 0 Å². The average Bonchev–Trinajstić information content (AvgIpc) is 2.64. The fourth-order valence-electron chi connectivity index (χ4n) is 2.72. The van der Waals surface area contributed by atoms with Gasteiger partial charge in [-0.15, -0.1) is 0 Å². The van der Waals surface area contributed by atoms with Crippen LogP contribution >= 0.6 is 0 Å². The number of hydrogen-bond acceptors (Lipinski definition) is 7. The number of carbonyl (C=O) groups is 1. The summed E-state index contributed by atoms with van der Waals surface area (Å²) in [6.07, 6.45) is 3.89. The molecule has 8 nitrogen and oxygen atoms in total. The zero-order chi connectivity index (χ0) is 20.5. The van der Waals surface area contributed by atoms with Crippen LogP contribution in [0.2, 0.25) is 0 Å². The number of rotatable bonds is 5. The second-order valence-corrected chi connectivity index (χ2v) is 8.32. The lowest BCUT2D eigenvalue weighted by Crippen LogP contribution is -2.32. The van der Waals surface area contributed by atoms with E-state index in [2.05, 4.69) is 21.5 Å². The first-order valence-corrected chi connectivity index (χ1v) is 10.2. The van der Waals surface area contributed by atoms with Gasteiger partial charge in [0.05, 0.1) is 29.5 Å². The van der Waals surface area contributed by atoms with Crippen molar-refractivity contribution in [1.82, 2.24) is 15.0 Å². The summed E-state index contributed by atoms with van der Waals surface area (Å²) >= 11 is 0. The summed E-state index contributed by atoms with van der Waals surface area (Å²) in [5, 5.41) is -0.172. The minimum Gasteiger partial charge on any atom is -0.382 e. The fraction of sp³-hybridized carbons (Fsp3) is 0.158. The van der Waals surface area contributed by atoms with Crippen LogP contribution in [0.1, 0.15) is 12.5 Å². The number of anilines is 2. The molecule has 144 valence electrons. The van der Waals surface area contributed by atoms with Gasteiger partial charge in [-0.25, -0.2) is 18.4 Å². The second-order valence-electron chi connectivity index (χ2n) is 6.39. The summed E-state index contributed by atoms with van der Waals surface area (Å²) in [6.45, 7) is 5.37. The number of carbonyl (C=O) groups excluding carboxylic acids is 1. The molecule has 3 aromatic rings. The van der Waals surface area contributed by atoms with Crippen molar-refractivity contribution in [2.45, 2.75) is 18.5 Å². The zero-order valence-electron chi connectivity index (χ0n) is 15.5. The van der Waals surface area contributed by atoms with Gasteiger partial charge in [0.2, 0.25) is 0 Å². The number of nitrogens with two attached hydrogens (primary N) is 1. The lowest BCUT2D eigenvalue weighted by atomic mass is 10.1. The van der Waals surface area contributed by atoms with Gasteiger partial charge in [-0.05, 0) is 36.8 Å². The highest BCUT2D eigenvalue weighted by molar-refractivity contribution is 7.90. The maximum atomic E-state index is 12.8. The predicted octanol–water partition coefficient (Wildman–Crippen LogP) is 2.12. The minimum absolute atomic E-state index is 0.103. The Morgan fingerprint density at radius 1 is 1.21 bits per heavy atom. The molecule has 1 amide bonds. The second kappa shape index (κ2) is 7.35. The molecular weight excluding hydrogens is 378 g/mol. The topological polar surface area (TPSA) is 119 Å². The molecule has 0 aliphatic rings. The molecule has 0 saturated carbocycles. The van der Waals surface area contributed by atoms with Crippen molar-refractivity contribution in [2.24, 2.45) is 0 Å². The van der Waals surface area contributed by atoms with E-state index in [0.717, 1.165) is 11.8 Å². The third-order valence-electron chi connectivity index (χ3n) is 3.97. The molecule has 0 fully saturated rings. The number of fused-ring (bicyclic) bond motifs is 1. The first kappa shape index (κ1) is 19.4. The van der Waals surface area contributed by atoms with Crippen LogP contribution in [-0.2, 0) is 21.2 Å². The van der Waals surface area contributed by atoms with Gasteiger partial charge >= 0.3 is 0 Å². The Bertz CT molecular complexity index is 1190. The van der Waals surface area contributed by atoms with Crippen molar-refractivity contribution in [3.05, 3.63) is 60.4 Å².